The van der Waals surface area contributed by atoms with Gasteiger partial charge in [-0.25, -0.2) is 0 Å². The number of benzene rings is 2. The molecule has 0 amide bonds. The molecule has 0 aliphatic heterocycles. The van der Waals surface area contributed by atoms with Crippen molar-refractivity contribution in [1.29, 1.82) is 0 Å². The van der Waals surface area contributed by atoms with E-state index in [9.17, 15) is 0 Å². The van der Waals surface area contributed by atoms with Crippen molar-refractivity contribution in [3.8, 4) is 0 Å². The van der Waals surface area contributed by atoms with Crippen molar-refractivity contribution < 1.29 is 0 Å². The fraction of sp³-hybridized carbons (Fsp3) is 0.250. The molecule has 0 saturated heterocycles. The van der Waals surface area contributed by atoms with Crippen LogP contribution in [0.3, 0.4) is 0 Å². The largest absolute Gasteiger partial charge is 0.143 e. The average molecular weight is 277 g/mol. The smallest absolute Gasteiger partial charge is 0.0963 e. The molecule has 2 aromatic carbocycles. The van der Waals surface area contributed by atoms with Crippen LogP contribution in [0, 0.1) is 0 Å². The Bertz CT molecular complexity index is 546. The van der Waals surface area contributed by atoms with E-state index >= 15 is 0 Å². The molecule has 1 aliphatic carbocycles. The zero-order valence-electron chi connectivity index (χ0n) is 9.94. The van der Waals surface area contributed by atoms with Gasteiger partial charge in [0.05, 0.1) is 0 Å². The van der Waals surface area contributed by atoms with E-state index in [1.807, 2.05) is 18.2 Å². The molecule has 0 spiro atoms. The molecule has 3 rings (SSSR count). The topological polar surface area (TPSA) is 0 Å². The van der Waals surface area contributed by atoms with Crippen molar-refractivity contribution in [2.75, 3.05) is 0 Å². The molecule has 0 saturated carbocycles. The first kappa shape index (κ1) is 12.1. The Morgan fingerprint density at radius 3 is 2.33 bits per heavy atom. The Morgan fingerprint density at radius 2 is 1.56 bits per heavy atom. The molecule has 1 aliphatic rings. The second-order valence-electron chi connectivity index (χ2n) is 4.79. The average Bonchev–Trinajstić information content (AvgIpc) is 2.40. The van der Waals surface area contributed by atoms with Gasteiger partial charge in [0.1, 0.15) is 4.33 Å². The predicted molar refractivity (Wildman–Crippen MR) is 77.3 cm³/mol. The maximum absolute atomic E-state index is 6.42. The highest BCUT2D eigenvalue weighted by Crippen LogP contribution is 2.49. The van der Waals surface area contributed by atoms with E-state index in [1.54, 1.807) is 0 Å². The SMILES string of the molecule is ClC1(Cl)CCC(c2ccccc2)c2ccccc21. The Hall–Kier alpha value is -0.980. The summed E-state index contributed by atoms with van der Waals surface area (Å²) in [6, 6.07) is 18.8. The Balaban J connectivity index is 2.11. The normalized spacial score (nSPS) is 21.3. The molecule has 1 unspecified atom stereocenters. The maximum Gasteiger partial charge on any atom is 0.143 e. The highest BCUT2D eigenvalue weighted by atomic mass is 35.5. The summed E-state index contributed by atoms with van der Waals surface area (Å²) in [4.78, 5) is 0. The van der Waals surface area contributed by atoms with E-state index in [0.717, 1.165) is 18.4 Å². The van der Waals surface area contributed by atoms with Gasteiger partial charge in [-0.3, -0.25) is 0 Å². The molecule has 0 bridgehead atoms. The van der Waals surface area contributed by atoms with Crippen molar-refractivity contribution in [3.05, 3.63) is 71.3 Å². The molecule has 2 aromatic rings. The highest BCUT2D eigenvalue weighted by Gasteiger charge is 2.36. The molecule has 2 heteroatoms. The first-order chi connectivity index (χ1) is 8.68. The number of fused-ring (bicyclic) bond motifs is 1. The van der Waals surface area contributed by atoms with Gasteiger partial charge in [0.15, 0.2) is 0 Å². The number of hydrogen-bond acceptors (Lipinski definition) is 0. The van der Waals surface area contributed by atoms with Crippen LogP contribution in [0.4, 0.5) is 0 Å². The lowest BCUT2D eigenvalue weighted by Crippen LogP contribution is -2.22. The van der Waals surface area contributed by atoms with E-state index in [2.05, 4.69) is 36.4 Å². The number of halogens is 2. The molecule has 1 atom stereocenters. The third kappa shape index (κ3) is 2.04. The molecule has 0 aromatic heterocycles. The predicted octanol–water partition coefficient (Wildman–Crippen LogP) is 5.24. The first-order valence-electron chi connectivity index (χ1n) is 6.21. The van der Waals surface area contributed by atoms with Crippen LogP contribution >= 0.6 is 23.2 Å². The molecule has 0 nitrogen and oxygen atoms in total. The third-order valence-electron chi connectivity index (χ3n) is 3.68. The minimum Gasteiger partial charge on any atom is -0.0963 e. The van der Waals surface area contributed by atoms with Gasteiger partial charge >= 0.3 is 0 Å². The number of rotatable bonds is 1. The summed E-state index contributed by atoms with van der Waals surface area (Å²) in [6.07, 6.45) is 1.79. The molecular weight excluding hydrogens is 263 g/mol. The molecule has 18 heavy (non-hydrogen) atoms. The molecular formula is C16H14Cl2. The van der Waals surface area contributed by atoms with E-state index in [1.165, 1.54) is 11.1 Å². The summed E-state index contributed by atoms with van der Waals surface area (Å²) in [7, 11) is 0. The lowest BCUT2D eigenvalue weighted by atomic mass is 9.78. The van der Waals surface area contributed by atoms with Crippen LogP contribution in [0.15, 0.2) is 54.6 Å². The maximum atomic E-state index is 6.42. The summed E-state index contributed by atoms with van der Waals surface area (Å²) in [5, 5.41) is 0. The van der Waals surface area contributed by atoms with E-state index < -0.39 is 4.33 Å². The number of alkyl halides is 2. The lowest BCUT2D eigenvalue weighted by Gasteiger charge is -2.33. The van der Waals surface area contributed by atoms with Gasteiger partial charge in [-0.15, -0.1) is 0 Å². The second-order valence-corrected chi connectivity index (χ2v) is 6.28. The Morgan fingerprint density at radius 1 is 0.889 bits per heavy atom. The van der Waals surface area contributed by atoms with Crippen molar-refractivity contribution in [2.45, 2.75) is 23.1 Å². The van der Waals surface area contributed by atoms with E-state index in [0.29, 0.717) is 5.92 Å². The summed E-state index contributed by atoms with van der Waals surface area (Å²) >= 11 is 12.8. The third-order valence-corrected chi connectivity index (χ3v) is 4.46. The van der Waals surface area contributed by atoms with Crippen LogP contribution in [-0.2, 0) is 4.33 Å². The van der Waals surface area contributed by atoms with Crippen molar-refractivity contribution in [1.82, 2.24) is 0 Å². The van der Waals surface area contributed by atoms with E-state index in [-0.39, 0.29) is 0 Å². The van der Waals surface area contributed by atoms with Gasteiger partial charge < -0.3 is 0 Å². The quantitative estimate of drug-likeness (QED) is 0.625. The van der Waals surface area contributed by atoms with Crippen molar-refractivity contribution >= 4 is 23.2 Å². The van der Waals surface area contributed by atoms with Crippen molar-refractivity contribution in [3.63, 3.8) is 0 Å². The zero-order valence-corrected chi connectivity index (χ0v) is 11.5. The van der Waals surface area contributed by atoms with Crippen LogP contribution in [0.5, 0.6) is 0 Å². The molecule has 0 radical (unpaired) electrons. The van der Waals surface area contributed by atoms with Gasteiger partial charge in [-0.2, -0.15) is 0 Å². The summed E-state index contributed by atoms with van der Waals surface area (Å²) in [5.41, 5.74) is 3.67. The van der Waals surface area contributed by atoms with Crippen molar-refractivity contribution in [2.24, 2.45) is 0 Å². The van der Waals surface area contributed by atoms with Crippen LogP contribution < -0.4 is 0 Å². The van der Waals surface area contributed by atoms with Gasteiger partial charge in [0.25, 0.3) is 0 Å². The minimum absolute atomic E-state index is 0.410. The lowest BCUT2D eigenvalue weighted by molar-refractivity contribution is 0.571. The van der Waals surface area contributed by atoms with Gasteiger partial charge in [0, 0.05) is 5.92 Å². The molecule has 0 fully saturated rings. The fourth-order valence-corrected chi connectivity index (χ4v) is 3.34. The summed E-state index contributed by atoms with van der Waals surface area (Å²) in [5.74, 6) is 0.410. The van der Waals surface area contributed by atoms with Crippen LogP contribution in [0.2, 0.25) is 0 Å². The number of hydrogen-bond donors (Lipinski definition) is 0. The van der Waals surface area contributed by atoms with Crippen LogP contribution in [0.1, 0.15) is 35.4 Å². The first-order valence-corrected chi connectivity index (χ1v) is 6.96. The summed E-state index contributed by atoms with van der Waals surface area (Å²) < 4.78 is -0.734. The van der Waals surface area contributed by atoms with Gasteiger partial charge in [-0.1, -0.05) is 77.8 Å². The Kier molecular flexibility index (Phi) is 3.09. The van der Waals surface area contributed by atoms with E-state index in [4.69, 9.17) is 23.2 Å². The van der Waals surface area contributed by atoms with Crippen LogP contribution in [-0.4, -0.2) is 0 Å². The molecule has 92 valence electrons. The standard InChI is InChI=1S/C16H14Cl2/c17-16(18)11-10-13(12-6-2-1-3-7-12)14-8-4-5-9-15(14)16/h1-9,13H,10-11H2. The fourth-order valence-electron chi connectivity index (χ4n) is 2.78. The monoisotopic (exact) mass is 276 g/mol. The Labute approximate surface area is 118 Å². The second kappa shape index (κ2) is 4.60. The molecule has 0 heterocycles. The van der Waals surface area contributed by atoms with Gasteiger partial charge in [-0.05, 0) is 29.5 Å². The highest BCUT2D eigenvalue weighted by molar-refractivity contribution is 6.48. The molecule has 0 N–H and O–H groups in total. The van der Waals surface area contributed by atoms with Gasteiger partial charge in [0.2, 0.25) is 0 Å². The minimum atomic E-state index is -0.734. The van der Waals surface area contributed by atoms with Crippen LogP contribution in [0.25, 0.3) is 0 Å². The summed E-state index contributed by atoms with van der Waals surface area (Å²) in [6.45, 7) is 0. The zero-order chi connectivity index (χ0) is 12.6.